The van der Waals surface area contributed by atoms with Crippen LogP contribution in [-0.4, -0.2) is 32.3 Å². The van der Waals surface area contributed by atoms with Crippen molar-refractivity contribution in [2.75, 3.05) is 11.9 Å². The Balaban J connectivity index is 1.52. The van der Waals surface area contributed by atoms with Gasteiger partial charge in [-0.2, -0.15) is 8.75 Å². The highest BCUT2D eigenvalue weighted by Crippen LogP contribution is 2.38. The quantitative estimate of drug-likeness (QED) is 0.463. The van der Waals surface area contributed by atoms with Crippen LogP contribution < -0.4 is 10.6 Å². The summed E-state index contributed by atoms with van der Waals surface area (Å²) in [6.45, 7) is 2.08. The number of nitrogens with one attached hydrogen (secondary N) is 2. The number of aromatic nitrogens is 2. The van der Waals surface area contributed by atoms with Crippen molar-refractivity contribution in [1.29, 1.82) is 0 Å². The maximum Gasteiger partial charge on any atom is 0.341 e. The second-order valence-corrected chi connectivity index (χ2v) is 8.55. The largest absolute Gasteiger partial charge is 0.462 e. The number of rotatable bonds is 4. The van der Waals surface area contributed by atoms with E-state index < -0.39 is 0 Å². The Morgan fingerprint density at radius 2 is 2.00 bits per heavy atom. The number of aryl methyl sites for hydroxylation is 1. The summed E-state index contributed by atoms with van der Waals surface area (Å²) in [6, 6.07) is 5.09. The van der Waals surface area contributed by atoms with Crippen LogP contribution in [0.15, 0.2) is 18.2 Å². The first-order valence-corrected chi connectivity index (χ1v) is 11.2. The van der Waals surface area contributed by atoms with Gasteiger partial charge in [-0.05, 0) is 68.6 Å². The fraction of sp³-hybridized carbons (Fsp3) is 0.316. The van der Waals surface area contributed by atoms with Crippen LogP contribution in [0, 0.1) is 0 Å². The fourth-order valence-electron chi connectivity index (χ4n) is 3.31. The number of thiocarbonyl (C=S) groups is 1. The highest BCUT2D eigenvalue weighted by molar-refractivity contribution is 7.80. The molecule has 7 nitrogen and oxygen atoms in total. The minimum absolute atomic E-state index is 0.135. The number of anilines is 1. The second kappa shape index (κ2) is 8.52. The summed E-state index contributed by atoms with van der Waals surface area (Å²) in [5.41, 5.74) is 3.42. The zero-order valence-electron chi connectivity index (χ0n) is 15.6. The highest BCUT2D eigenvalue weighted by Gasteiger charge is 2.27. The summed E-state index contributed by atoms with van der Waals surface area (Å²) in [4.78, 5) is 26.3. The first-order chi connectivity index (χ1) is 14.1. The molecule has 1 aromatic carbocycles. The van der Waals surface area contributed by atoms with Crippen molar-refractivity contribution in [3.63, 3.8) is 0 Å². The third-order valence-corrected chi connectivity index (χ3v) is 6.59. The summed E-state index contributed by atoms with van der Waals surface area (Å²) in [6.07, 6.45) is 3.94. The van der Waals surface area contributed by atoms with Crippen LogP contribution in [0.3, 0.4) is 0 Å². The van der Waals surface area contributed by atoms with Gasteiger partial charge in [-0.3, -0.25) is 10.1 Å². The Morgan fingerprint density at radius 3 is 2.83 bits per heavy atom. The number of fused-ring (bicyclic) bond motifs is 2. The zero-order valence-corrected chi connectivity index (χ0v) is 18.1. The Labute approximate surface area is 180 Å². The van der Waals surface area contributed by atoms with E-state index in [1.807, 2.05) is 0 Å². The lowest BCUT2D eigenvalue weighted by Crippen LogP contribution is -2.34. The molecule has 1 aliphatic rings. The molecule has 0 saturated heterocycles. The number of hydrogen-bond donors (Lipinski definition) is 2. The van der Waals surface area contributed by atoms with Crippen LogP contribution >= 0.6 is 35.3 Å². The number of carbonyl (C=O) groups is 2. The van der Waals surface area contributed by atoms with Crippen LogP contribution in [0.25, 0.3) is 11.0 Å². The molecule has 0 fully saturated rings. The number of thiophene rings is 1. The first-order valence-electron chi connectivity index (χ1n) is 9.23. The van der Waals surface area contributed by atoms with Crippen molar-refractivity contribution in [2.24, 2.45) is 0 Å². The van der Waals surface area contributed by atoms with Gasteiger partial charge >= 0.3 is 5.97 Å². The van der Waals surface area contributed by atoms with Gasteiger partial charge in [-0.15, -0.1) is 11.3 Å². The topological polar surface area (TPSA) is 93.2 Å². The van der Waals surface area contributed by atoms with E-state index in [1.54, 1.807) is 25.1 Å². The van der Waals surface area contributed by atoms with Crippen molar-refractivity contribution in [3.05, 3.63) is 39.8 Å². The predicted molar refractivity (Wildman–Crippen MR) is 118 cm³/mol. The van der Waals surface area contributed by atoms with Crippen molar-refractivity contribution in [1.82, 2.24) is 14.1 Å². The molecule has 2 aromatic heterocycles. The van der Waals surface area contributed by atoms with Gasteiger partial charge in [0.2, 0.25) is 0 Å². The van der Waals surface area contributed by atoms with Gasteiger partial charge < -0.3 is 10.1 Å². The fourth-order valence-corrected chi connectivity index (χ4v) is 5.36. The average Bonchev–Trinajstić information content (AvgIpc) is 3.31. The van der Waals surface area contributed by atoms with Gasteiger partial charge in [0.15, 0.2) is 5.11 Å². The maximum atomic E-state index is 12.6. The molecule has 2 heterocycles. The summed E-state index contributed by atoms with van der Waals surface area (Å²) < 4.78 is 13.5. The molecular weight excluding hydrogens is 428 g/mol. The Morgan fingerprint density at radius 1 is 1.21 bits per heavy atom. The zero-order chi connectivity index (χ0) is 20.4. The van der Waals surface area contributed by atoms with E-state index in [0.29, 0.717) is 28.3 Å². The number of hydrogen-bond acceptors (Lipinski definition) is 8. The van der Waals surface area contributed by atoms with Crippen molar-refractivity contribution in [2.45, 2.75) is 32.6 Å². The lowest BCUT2D eigenvalue weighted by Gasteiger charge is -2.13. The minimum atomic E-state index is -0.356. The summed E-state index contributed by atoms with van der Waals surface area (Å²) >= 11 is 7.93. The number of nitrogens with zero attached hydrogens (tertiary/aromatic N) is 2. The molecule has 0 atom stereocenters. The van der Waals surface area contributed by atoms with E-state index in [-0.39, 0.29) is 17.0 Å². The molecule has 1 aliphatic carbocycles. The number of carbonyl (C=O) groups excluding carboxylic acids is 2. The SMILES string of the molecule is CCOC(=O)c1c(NC(=S)NC(=O)c2ccc3nsnc3c2)sc2c1CCCC2. The molecule has 150 valence electrons. The standard InChI is InChI=1S/C19H18N4O3S3/c1-2-26-18(25)15-11-5-3-4-6-14(11)28-17(15)21-19(27)20-16(24)10-7-8-12-13(9-10)23-29-22-12/h7-9H,2-6H2,1H3,(H2,20,21,24,27). The molecule has 4 rings (SSSR count). The maximum absolute atomic E-state index is 12.6. The number of ether oxygens (including phenoxy) is 1. The van der Waals surface area contributed by atoms with Gasteiger partial charge in [0.25, 0.3) is 5.91 Å². The van der Waals surface area contributed by atoms with Gasteiger partial charge in [0.1, 0.15) is 16.0 Å². The van der Waals surface area contributed by atoms with Crippen molar-refractivity contribution >= 4 is 68.3 Å². The van der Waals surface area contributed by atoms with Gasteiger partial charge in [-0.1, -0.05) is 0 Å². The van der Waals surface area contributed by atoms with Gasteiger partial charge in [-0.25, -0.2) is 4.79 Å². The Bertz CT molecular complexity index is 1110. The molecule has 0 unspecified atom stereocenters. The van der Waals surface area contributed by atoms with Gasteiger partial charge in [0.05, 0.1) is 23.9 Å². The van der Waals surface area contributed by atoms with Crippen LogP contribution in [-0.2, 0) is 17.6 Å². The highest BCUT2D eigenvalue weighted by atomic mass is 32.1. The van der Waals surface area contributed by atoms with Crippen LogP contribution in [0.1, 0.15) is 50.9 Å². The monoisotopic (exact) mass is 446 g/mol. The molecular formula is C19H18N4O3S3. The van der Waals surface area contributed by atoms with Gasteiger partial charge in [0, 0.05) is 10.4 Å². The van der Waals surface area contributed by atoms with Crippen molar-refractivity contribution < 1.29 is 14.3 Å². The molecule has 2 N–H and O–H groups in total. The van der Waals surface area contributed by atoms with E-state index in [9.17, 15) is 9.59 Å². The number of benzene rings is 1. The summed E-state index contributed by atoms with van der Waals surface area (Å²) in [7, 11) is 0. The molecule has 0 aliphatic heterocycles. The van der Waals surface area contributed by atoms with E-state index in [0.717, 1.165) is 48.5 Å². The molecule has 10 heteroatoms. The minimum Gasteiger partial charge on any atom is -0.462 e. The van der Waals surface area contributed by atoms with Crippen LogP contribution in [0.2, 0.25) is 0 Å². The molecule has 1 amide bonds. The Kier molecular flexibility index (Phi) is 5.84. The van der Waals surface area contributed by atoms with E-state index in [4.69, 9.17) is 17.0 Å². The van der Waals surface area contributed by atoms with Crippen molar-refractivity contribution in [3.8, 4) is 0 Å². The smallest absolute Gasteiger partial charge is 0.341 e. The lowest BCUT2D eigenvalue weighted by atomic mass is 9.95. The Hall–Kier alpha value is -2.43. The normalized spacial score (nSPS) is 13.0. The molecule has 3 aromatic rings. The van der Waals surface area contributed by atoms with E-state index in [1.165, 1.54) is 16.2 Å². The molecule has 29 heavy (non-hydrogen) atoms. The number of esters is 1. The molecule has 0 radical (unpaired) electrons. The van der Waals surface area contributed by atoms with Crippen LogP contribution in [0.4, 0.5) is 5.00 Å². The van der Waals surface area contributed by atoms with E-state index in [2.05, 4.69) is 19.4 Å². The summed E-state index contributed by atoms with van der Waals surface area (Å²) in [5, 5.41) is 6.46. The second-order valence-electron chi connectivity index (χ2n) is 6.51. The van der Waals surface area contributed by atoms with Crippen LogP contribution in [0.5, 0.6) is 0 Å². The molecule has 0 spiro atoms. The van der Waals surface area contributed by atoms with E-state index >= 15 is 0 Å². The molecule has 0 saturated carbocycles. The third-order valence-electron chi connectivity index (χ3n) is 4.62. The predicted octanol–water partition coefficient (Wildman–Crippen LogP) is 3.94. The average molecular weight is 447 g/mol. The third kappa shape index (κ3) is 4.14. The number of amides is 1. The summed E-state index contributed by atoms with van der Waals surface area (Å²) in [5.74, 6) is -0.707. The molecule has 0 bridgehead atoms. The first kappa shape index (κ1) is 19.9. The lowest BCUT2D eigenvalue weighted by molar-refractivity contribution is 0.0526.